The monoisotopic (exact) mass is 1010 g/mol. The van der Waals surface area contributed by atoms with Crippen molar-refractivity contribution in [3.63, 3.8) is 0 Å². The van der Waals surface area contributed by atoms with Crippen molar-refractivity contribution >= 4 is 56.4 Å². The summed E-state index contributed by atoms with van der Waals surface area (Å²) in [4.78, 5) is 44.1. The molecule has 0 saturated carbocycles. The molecule has 0 amide bonds. The summed E-state index contributed by atoms with van der Waals surface area (Å²) in [5.74, 6) is -0.649. The Labute approximate surface area is 424 Å². The van der Waals surface area contributed by atoms with Crippen LogP contribution in [0.2, 0.25) is 0 Å². The van der Waals surface area contributed by atoms with Crippen LogP contribution in [0.15, 0.2) is 249 Å². The van der Waals surface area contributed by atoms with Crippen LogP contribution in [0.1, 0.15) is 47.8 Å². The van der Waals surface area contributed by atoms with Gasteiger partial charge in [0.1, 0.15) is 17.3 Å². The standard InChI is InChI=1S/3C15H12O2.C12H8N2.Eu/c3*16-14(12-7-3-1-4-8-12)11-15(17)13-9-5-2-6-10-13;1-3-9-5-6-10-4-2-8-14-12(10)11(9)13-7-1;/h3*1-11,16H;1-8H;. The van der Waals surface area contributed by atoms with Gasteiger partial charge in [0.05, 0.1) is 11.0 Å². The second-order valence-electron chi connectivity index (χ2n) is 14.1. The molecule has 0 saturated heterocycles. The molecule has 8 nitrogen and oxygen atoms in total. The number of aromatic nitrogens is 2. The molecule has 7 aromatic carbocycles. The molecule has 2 heterocycles. The molecular formula is C57H44EuN2O6. The van der Waals surface area contributed by atoms with Gasteiger partial charge in [0.15, 0.2) is 17.3 Å². The van der Waals surface area contributed by atoms with Crippen molar-refractivity contribution in [3.05, 3.63) is 282 Å². The summed E-state index contributed by atoms with van der Waals surface area (Å²) in [6.07, 6.45) is 7.33. The van der Waals surface area contributed by atoms with Crippen LogP contribution in [0.25, 0.3) is 39.1 Å². The van der Waals surface area contributed by atoms with Crippen molar-refractivity contribution < 1.29 is 79.1 Å². The molecular weight excluding hydrogens is 961 g/mol. The zero-order valence-corrected chi connectivity index (χ0v) is 37.9. The van der Waals surface area contributed by atoms with Crippen molar-refractivity contribution in [1.29, 1.82) is 0 Å². The number of fused-ring (bicyclic) bond motifs is 3. The van der Waals surface area contributed by atoms with E-state index in [4.69, 9.17) is 0 Å². The number of nitrogens with zero attached hydrogens (tertiary/aromatic N) is 2. The Balaban J connectivity index is 0.000000164. The van der Waals surface area contributed by atoms with Crippen molar-refractivity contribution in [3.8, 4) is 0 Å². The first-order valence-corrected chi connectivity index (χ1v) is 20.5. The van der Waals surface area contributed by atoms with E-state index in [1.54, 1.807) is 122 Å². The van der Waals surface area contributed by atoms with Gasteiger partial charge in [-0.25, -0.2) is 0 Å². The third-order valence-corrected chi connectivity index (χ3v) is 9.53. The molecule has 0 unspecified atom stereocenters. The topological polar surface area (TPSA) is 138 Å². The number of carbonyl (C=O) groups excluding carboxylic acids is 3. The molecule has 0 aliphatic carbocycles. The van der Waals surface area contributed by atoms with Gasteiger partial charge in [-0.15, -0.1) is 0 Å². The summed E-state index contributed by atoms with van der Waals surface area (Å²) in [5.41, 5.74) is 5.56. The minimum atomic E-state index is -0.202. The maximum Gasteiger partial charge on any atom is 0.189 e. The Morgan fingerprint density at radius 2 is 0.530 bits per heavy atom. The van der Waals surface area contributed by atoms with Gasteiger partial charge in [-0.3, -0.25) is 24.4 Å². The molecule has 2 aromatic heterocycles. The van der Waals surface area contributed by atoms with Crippen LogP contribution in [-0.4, -0.2) is 42.6 Å². The summed E-state index contributed by atoms with van der Waals surface area (Å²) in [6, 6.07) is 65.7. The van der Waals surface area contributed by atoms with Crippen molar-refractivity contribution in [1.82, 2.24) is 9.97 Å². The number of aliphatic hydroxyl groups excluding tert-OH is 3. The van der Waals surface area contributed by atoms with Gasteiger partial charge in [-0.2, -0.15) is 0 Å². The number of hydrogen-bond acceptors (Lipinski definition) is 8. The minimum absolute atomic E-state index is 0. The van der Waals surface area contributed by atoms with Gasteiger partial charge < -0.3 is 15.3 Å². The Kier molecular flexibility index (Phi) is 19.8. The number of ketones is 3. The van der Waals surface area contributed by atoms with Gasteiger partial charge in [-0.05, 0) is 12.1 Å². The van der Waals surface area contributed by atoms with Crippen LogP contribution in [0.4, 0.5) is 0 Å². The quantitative estimate of drug-likeness (QED) is 0.0563. The van der Waals surface area contributed by atoms with Crippen molar-refractivity contribution in [2.45, 2.75) is 0 Å². The molecule has 0 aliphatic rings. The zero-order valence-electron chi connectivity index (χ0n) is 35.5. The van der Waals surface area contributed by atoms with E-state index >= 15 is 0 Å². The number of hydrogen-bond donors (Lipinski definition) is 3. The Hall–Kier alpha value is -7.43. The van der Waals surface area contributed by atoms with E-state index < -0.39 is 0 Å². The molecule has 1 radical (unpaired) electrons. The fraction of sp³-hybridized carbons (Fsp3) is 0. The minimum Gasteiger partial charge on any atom is -0.507 e. The zero-order chi connectivity index (χ0) is 45.6. The van der Waals surface area contributed by atoms with Crippen LogP contribution in [0.3, 0.4) is 0 Å². The molecule has 0 bridgehead atoms. The average Bonchev–Trinajstić information content (AvgIpc) is 3.38. The smallest absolute Gasteiger partial charge is 0.189 e. The summed E-state index contributed by atoms with van der Waals surface area (Å²) in [7, 11) is 0. The maximum atomic E-state index is 11.8. The predicted octanol–water partition coefficient (Wildman–Crippen LogP) is 13.2. The molecule has 9 heteroatoms. The van der Waals surface area contributed by atoms with E-state index in [1.807, 2.05) is 84.9 Å². The first-order valence-electron chi connectivity index (χ1n) is 20.5. The third-order valence-electron chi connectivity index (χ3n) is 9.53. The second-order valence-corrected chi connectivity index (χ2v) is 14.1. The van der Waals surface area contributed by atoms with E-state index in [2.05, 4.69) is 34.2 Å². The molecule has 66 heavy (non-hydrogen) atoms. The molecule has 325 valence electrons. The number of pyridine rings is 2. The molecule has 0 atom stereocenters. The molecule has 3 N–H and O–H groups in total. The number of carbonyl (C=O) groups is 3. The number of aliphatic hydroxyl groups is 3. The predicted molar refractivity (Wildman–Crippen MR) is 261 cm³/mol. The van der Waals surface area contributed by atoms with Gasteiger partial charge in [0.2, 0.25) is 0 Å². The fourth-order valence-electron chi connectivity index (χ4n) is 6.19. The Morgan fingerprint density at radius 1 is 0.303 bits per heavy atom. The molecule has 0 fully saturated rings. The summed E-state index contributed by atoms with van der Waals surface area (Å²) < 4.78 is 0. The van der Waals surface area contributed by atoms with Gasteiger partial charge >= 0.3 is 0 Å². The Bertz CT molecular complexity index is 2740. The molecule has 0 aliphatic heterocycles. The second kappa shape index (κ2) is 26.4. The SMILES string of the molecule is O=C(C=C(O)c1ccccc1)c1ccccc1.O=C(C=C(O)c1ccccc1)c1ccccc1.O=C(C=C(O)c1ccccc1)c1ccccc1.[Eu].c1cnc2c(c1)ccc1cccnc12. The average molecular weight is 1000 g/mol. The van der Waals surface area contributed by atoms with Crippen LogP contribution in [0, 0.1) is 49.4 Å². The summed E-state index contributed by atoms with van der Waals surface area (Å²) in [6.45, 7) is 0. The normalized spacial score (nSPS) is 10.9. The van der Waals surface area contributed by atoms with Gasteiger partial charge in [0, 0.05) is 124 Å². The Morgan fingerprint density at radius 3 is 0.773 bits per heavy atom. The van der Waals surface area contributed by atoms with Crippen LogP contribution in [0.5, 0.6) is 0 Å². The first-order chi connectivity index (χ1) is 31.8. The van der Waals surface area contributed by atoms with Crippen LogP contribution < -0.4 is 0 Å². The van der Waals surface area contributed by atoms with E-state index in [0.29, 0.717) is 33.4 Å². The van der Waals surface area contributed by atoms with Crippen molar-refractivity contribution in [2.75, 3.05) is 0 Å². The van der Waals surface area contributed by atoms with Crippen molar-refractivity contribution in [2.24, 2.45) is 0 Å². The van der Waals surface area contributed by atoms with Crippen LogP contribution in [-0.2, 0) is 0 Å². The molecule has 9 rings (SSSR count). The summed E-state index contributed by atoms with van der Waals surface area (Å²) in [5, 5.41) is 31.7. The van der Waals surface area contributed by atoms with Gasteiger partial charge in [-0.1, -0.05) is 206 Å². The number of allylic oxidation sites excluding steroid dienone is 3. The van der Waals surface area contributed by atoms with E-state index in [9.17, 15) is 29.7 Å². The largest absolute Gasteiger partial charge is 0.507 e. The summed E-state index contributed by atoms with van der Waals surface area (Å²) >= 11 is 0. The van der Waals surface area contributed by atoms with E-state index in [0.717, 1.165) is 21.8 Å². The fourth-order valence-corrected chi connectivity index (χ4v) is 6.19. The van der Waals surface area contributed by atoms with Crippen LogP contribution >= 0.6 is 0 Å². The molecule has 9 aromatic rings. The third kappa shape index (κ3) is 15.1. The van der Waals surface area contributed by atoms with E-state index in [-0.39, 0.29) is 84.0 Å². The first kappa shape index (κ1) is 49.6. The van der Waals surface area contributed by atoms with E-state index in [1.165, 1.54) is 18.2 Å². The number of benzene rings is 7. The maximum absolute atomic E-state index is 11.8. The van der Waals surface area contributed by atoms with Gasteiger partial charge in [0.25, 0.3) is 0 Å². The number of rotatable bonds is 9. The molecule has 0 spiro atoms.